The molecule has 0 unspecified atom stereocenters. The highest BCUT2D eigenvalue weighted by molar-refractivity contribution is 8.26. The second kappa shape index (κ2) is 8.23. The minimum absolute atomic E-state index is 0.0114. The molecule has 1 aliphatic carbocycles. The largest absolute Gasteiger partial charge is 0.383 e. The van der Waals surface area contributed by atoms with Gasteiger partial charge in [-0.25, -0.2) is 26.9 Å². The summed E-state index contributed by atoms with van der Waals surface area (Å²) in [5.41, 5.74) is 0.551. The van der Waals surface area contributed by atoms with Gasteiger partial charge in [-0.2, -0.15) is 0 Å². The molecule has 164 valence electrons. The number of hydrogen-bond acceptors (Lipinski definition) is 7. The van der Waals surface area contributed by atoms with Crippen molar-refractivity contribution in [1.82, 2.24) is 14.1 Å². The summed E-state index contributed by atoms with van der Waals surface area (Å²) in [6.07, 6.45) is 1.28. The molecule has 2 heterocycles. The zero-order valence-electron chi connectivity index (χ0n) is 16.8. The van der Waals surface area contributed by atoms with Crippen molar-refractivity contribution in [1.29, 1.82) is 10.8 Å². The van der Waals surface area contributed by atoms with Crippen LogP contribution in [0.5, 0.6) is 0 Å². The maximum absolute atomic E-state index is 12.9. The van der Waals surface area contributed by atoms with Crippen LogP contribution in [0.2, 0.25) is 0 Å². The van der Waals surface area contributed by atoms with Crippen molar-refractivity contribution in [2.24, 2.45) is 5.92 Å². The monoisotopic (exact) mass is 458 g/mol. The van der Waals surface area contributed by atoms with E-state index >= 15 is 0 Å². The Labute approximate surface area is 177 Å². The highest BCUT2D eigenvalue weighted by Crippen LogP contribution is 2.36. The zero-order valence-corrected chi connectivity index (χ0v) is 18.4. The van der Waals surface area contributed by atoms with Crippen molar-refractivity contribution in [3.8, 4) is 0 Å². The Kier molecular flexibility index (Phi) is 6.21. The van der Waals surface area contributed by atoms with Crippen LogP contribution in [0.3, 0.4) is 0 Å². The lowest BCUT2D eigenvalue weighted by Crippen LogP contribution is -2.34. The fourth-order valence-corrected chi connectivity index (χ4v) is 4.75. The Hall–Kier alpha value is -2.05. The molecule has 0 atom stereocenters. The first-order chi connectivity index (χ1) is 13.9. The van der Waals surface area contributed by atoms with Gasteiger partial charge in [-0.05, 0) is 43.5 Å². The third-order valence-electron chi connectivity index (χ3n) is 4.62. The van der Waals surface area contributed by atoms with Gasteiger partial charge in [-0.3, -0.25) is 15.2 Å². The molecule has 3 rings (SSSR count). The molecule has 12 heteroatoms. The van der Waals surface area contributed by atoms with E-state index in [1.807, 2.05) is 20.8 Å². The second-order valence-electron chi connectivity index (χ2n) is 7.96. The van der Waals surface area contributed by atoms with Gasteiger partial charge in [0.25, 0.3) is 6.43 Å². The Bertz CT molecular complexity index is 1090. The lowest BCUT2D eigenvalue weighted by molar-refractivity contribution is 0.228. The van der Waals surface area contributed by atoms with E-state index in [1.165, 1.54) is 22.9 Å². The summed E-state index contributed by atoms with van der Waals surface area (Å²) in [6.45, 7) is 6.41. The molecule has 0 bridgehead atoms. The van der Waals surface area contributed by atoms with Gasteiger partial charge in [-0.15, -0.1) is 0 Å². The number of aromatic nitrogens is 2. The van der Waals surface area contributed by atoms with Gasteiger partial charge in [0.2, 0.25) is 10.0 Å². The molecule has 2 aromatic heterocycles. The SMILES string of the molecule is CC(C)CNc1cc(S(=O)(=O)NC2(C)CC2)cn2c(C(=N)SC(=N)C(F)F)ncc12. The van der Waals surface area contributed by atoms with E-state index in [0.29, 0.717) is 17.7 Å². The van der Waals surface area contributed by atoms with E-state index in [4.69, 9.17) is 10.8 Å². The molecule has 1 aliphatic rings. The molecule has 0 aromatic carbocycles. The van der Waals surface area contributed by atoms with Crippen LogP contribution in [0, 0.1) is 16.7 Å². The van der Waals surface area contributed by atoms with Gasteiger partial charge in [0.15, 0.2) is 5.82 Å². The molecule has 0 amide bonds. The number of rotatable bonds is 8. The quantitative estimate of drug-likeness (QED) is 0.356. The van der Waals surface area contributed by atoms with E-state index < -0.39 is 27.0 Å². The molecule has 0 saturated heterocycles. The number of hydrogen-bond donors (Lipinski definition) is 4. The number of nitrogens with zero attached hydrogens (tertiary/aromatic N) is 2. The summed E-state index contributed by atoms with van der Waals surface area (Å²) in [5.74, 6) is 0.277. The first kappa shape index (κ1) is 22.6. The minimum atomic E-state index is -3.84. The molecule has 30 heavy (non-hydrogen) atoms. The number of fused-ring (bicyclic) bond motifs is 1. The lowest BCUT2D eigenvalue weighted by atomic mass is 10.2. The van der Waals surface area contributed by atoms with E-state index in [0.717, 1.165) is 12.8 Å². The molecule has 0 aliphatic heterocycles. The average molecular weight is 459 g/mol. The summed E-state index contributed by atoms with van der Waals surface area (Å²) in [7, 11) is -3.84. The molecule has 8 nitrogen and oxygen atoms in total. The Morgan fingerprint density at radius 2 is 2.03 bits per heavy atom. The van der Waals surface area contributed by atoms with Gasteiger partial charge in [0.1, 0.15) is 15.0 Å². The molecular weight excluding hydrogens is 434 g/mol. The molecule has 1 saturated carbocycles. The fourth-order valence-electron chi connectivity index (χ4n) is 2.72. The van der Waals surface area contributed by atoms with Crippen molar-refractivity contribution < 1.29 is 17.2 Å². The number of anilines is 1. The summed E-state index contributed by atoms with van der Waals surface area (Å²) in [4.78, 5) is 4.11. The Morgan fingerprint density at radius 1 is 1.37 bits per heavy atom. The van der Waals surface area contributed by atoms with E-state index in [9.17, 15) is 17.2 Å². The third kappa shape index (κ3) is 4.98. The number of thioether (sulfide) groups is 1. The number of halogens is 2. The topological polar surface area (TPSA) is 123 Å². The average Bonchev–Trinajstić information content (AvgIpc) is 3.19. The van der Waals surface area contributed by atoms with Crippen molar-refractivity contribution in [2.75, 3.05) is 11.9 Å². The standard InChI is InChI=1S/C18H24F2N6O2S2/c1-10(2)7-23-12-6-11(30(27,28)25-18(3)4-5-18)9-26-13(12)8-24-17(26)16(22)29-15(21)14(19)20/h6,8-10,14,21-23,25H,4-5,7H2,1-3H3. The van der Waals surface area contributed by atoms with Crippen LogP contribution >= 0.6 is 11.8 Å². The molecule has 2 aromatic rings. The molecular formula is C18H24F2N6O2S2. The van der Waals surface area contributed by atoms with Crippen LogP contribution in [0.25, 0.3) is 5.52 Å². The summed E-state index contributed by atoms with van der Waals surface area (Å²) >= 11 is 0.286. The summed E-state index contributed by atoms with van der Waals surface area (Å²) < 4.78 is 55.3. The minimum Gasteiger partial charge on any atom is -0.383 e. The van der Waals surface area contributed by atoms with Crippen LogP contribution < -0.4 is 10.0 Å². The van der Waals surface area contributed by atoms with Crippen LogP contribution in [0.15, 0.2) is 23.4 Å². The number of pyridine rings is 1. The predicted octanol–water partition coefficient (Wildman–Crippen LogP) is 3.53. The van der Waals surface area contributed by atoms with E-state index in [-0.39, 0.29) is 33.4 Å². The van der Waals surface area contributed by atoms with Crippen molar-refractivity contribution in [3.63, 3.8) is 0 Å². The van der Waals surface area contributed by atoms with Crippen molar-refractivity contribution in [3.05, 3.63) is 24.3 Å². The third-order valence-corrected chi connectivity index (χ3v) is 7.01. The highest BCUT2D eigenvalue weighted by Gasteiger charge is 2.41. The van der Waals surface area contributed by atoms with Gasteiger partial charge in [0.05, 0.1) is 17.4 Å². The van der Waals surface area contributed by atoms with Crippen molar-refractivity contribution in [2.45, 2.75) is 50.5 Å². The first-order valence-corrected chi connectivity index (χ1v) is 11.6. The number of alkyl halides is 2. The van der Waals surface area contributed by atoms with Gasteiger partial charge >= 0.3 is 0 Å². The number of sulfonamides is 1. The smallest absolute Gasteiger partial charge is 0.285 e. The molecule has 0 spiro atoms. The van der Waals surface area contributed by atoms with Crippen LogP contribution in [-0.2, 0) is 10.0 Å². The Morgan fingerprint density at radius 3 is 2.60 bits per heavy atom. The maximum atomic E-state index is 12.9. The number of imidazole rings is 1. The molecule has 1 fully saturated rings. The van der Waals surface area contributed by atoms with Gasteiger partial charge in [-0.1, -0.05) is 13.8 Å². The fraction of sp³-hybridized carbons (Fsp3) is 0.500. The summed E-state index contributed by atoms with van der Waals surface area (Å²) in [5, 5.41) is 17.3. The van der Waals surface area contributed by atoms with Crippen LogP contribution in [0.1, 0.15) is 39.4 Å². The van der Waals surface area contributed by atoms with Crippen LogP contribution in [0.4, 0.5) is 14.5 Å². The molecule has 4 N–H and O–H groups in total. The summed E-state index contributed by atoms with van der Waals surface area (Å²) in [6, 6.07) is 1.51. The van der Waals surface area contributed by atoms with Gasteiger partial charge < -0.3 is 5.32 Å². The zero-order chi connectivity index (χ0) is 22.3. The number of nitrogens with one attached hydrogen (secondary N) is 4. The Balaban J connectivity index is 2.06. The normalized spacial score (nSPS) is 15.7. The maximum Gasteiger partial charge on any atom is 0.285 e. The van der Waals surface area contributed by atoms with E-state index in [1.54, 1.807) is 0 Å². The van der Waals surface area contributed by atoms with E-state index in [2.05, 4.69) is 15.0 Å². The molecule has 0 radical (unpaired) electrons. The van der Waals surface area contributed by atoms with Gasteiger partial charge in [0, 0.05) is 18.3 Å². The lowest BCUT2D eigenvalue weighted by Gasteiger charge is -2.16. The first-order valence-electron chi connectivity index (χ1n) is 9.34. The predicted molar refractivity (Wildman–Crippen MR) is 115 cm³/mol. The second-order valence-corrected chi connectivity index (χ2v) is 10.7. The van der Waals surface area contributed by atoms with Crippen molar-refractivity contribution >= 4 is 43.1 Å². The van der Waals surface area contributed by atoms with Crippen LogP contribution in [-0.4, -0.2) is 46.4 Å². The highest BCUT2D eigenvalue weighted by atomic mass is 32.2.